The fraction of sp³-hybridized carbons (Fsp3) is 0.333. The summed E-state index contributed by atoms with van der Waals surface area (Å²) in [5.41, 5.74) is 1.74. The zero-order valence-electron chi connectivity index (χ0n) is 12.0. The van der Waals surface area contributed by atoms with Crippen molar-refractivity contribution in [3.8, 4) is 0 Å². The van der Waals surface area contributed by atoms with Crippen molar-refractivity contribution in [1.82, 2.24) is 9.97 Å². The molecule has 0 atom stereocenters. The second-order valence-electron chi connectivity index (χ2n) is 5.67. The third kappa shape index (κ3) is 3.41. The van der Waals surface area contributed by atoms with Crippen LogP contribution in [-0.4, -0.2) is 9.97 Å². The van der Waals surface area contributed by atoms with Crippen LogP contribution in [0.5, 0.6) is 0 Å². The van der Waals surface area contributed by atoms with Crippen LogP contribution in [0.4, 0.5) is 11.5 Å². The molecular formula is C15H17ClIN3. The molecule has 2 aromatic rings. The van der Waals surface area contributed by atoms with Crippen LogP contribution in [0.2, 0.25) is 5.15 Å². The Hall–Kier alpha value is -0.880. The van der Waals surface area contributed by atoms with Gasteiger partial charge in [0, 0.05) is 14.5 Å². The summed E-state index contributed by atoms with van der Waals surface area (Å²) in [6.07, 6.45) is 0. The van der Waals surface area contributed by atoms with Gasteiger partial charge >= 0.3 is 0 Å². The van der Waals surface area contributed by atoms with Gasteiger partial charge in [-0.25, -0.2) is 9.97 Å². The standard InChI is InChI=1S/C15H17ClIN3/c1-9-12(16)19-14(15(2,3)4)20-13(9)18-11-8-6-5-7-10(11)17/h5-8H,1-4H3,(H,18,19,20). The smallest absolute Gasteiger partial charge is 0.138 e. The minimum Gasteiger partial charge on any atom is -0.339 e. The number of aromatic nitrogens is 2. The molecule has 0 aliphatic rings. The highest BCUT2D eigenvalue weighted by atomic mass is 127. The van der Waals surface area contributed by atoms with E-state index in [4.69, 9.17) is 11.6 Å². The maximum atomic E-state index is 6.24. The van der Waals surface area contributed by atoms with E-state index in [1.807, 2.05) is 31.2 Å². The summed E-state index contributed by atoms with van der Waals surface area (Å²) in [7, 11) is 0. The molecule has 1 aromatic carbocycles. The molecule has 5 heteroatoms. The minimum atomic E-state index is -0.141. The summed E-state index contributed by atoms with van der Waals surface area (Å²) in [4.78, 5) is 9.01. The molecule has 20 heavy (non-hydrogen) atoms. The lowest BCUT2D eigenvalue weighted by Crippen LogP contribution is -2.17. The molecule has 0 amide bonds. The minimum absolute atomic E-state index is 0.141. The molecule has 1 aromatic heterocycles. The first-order valence-electron chi connectivity index (χ1n) is 6.35. The fourth-order valence-corrected chi connectivity index (χ4v) is 2.33. The molecule has 0 saturated heterocycles. The fourth-order valence-electron chi connectivity index (χ4n) is 1.64. The third-order valence-corrected chi connectivity index (χ3v) is 4.19. The topological polar surface area (TPSA) is 37.8 Å². The second-order valence-corrected chi connectivity index (χ2v) is 7.19. The first-order chi connectivity index (χ1) is 9.29. The summed E-state index contributed by atoms with van der Waals surface area (Å²) in [5, 5.41) is 3.85. The van der Waals surface area contributed by atoms with Crippen molar-refractivity contribution < 1.29 is 0 Å². The van der Waals surface area contributed by atoms with Gasteiger partial charge in [0.25, 0.3) is 0 Å². The van der Waals surface area contributed by atoms with Gasteiger partial charge < -0.3 is 5.32 Å². The summed E-state index contributed by atoms with van der Waals surface area (Å²) in [5.74, 6) is 1.50. The molecule has 0 aliphatic heterocycles. The van der Waals surface area contributed by atoms with Crippen LogP contribution < -0.4 is 5.32 Å². The van der Waals surface area contributed by atoms with Crippen molar-refractivity contribution in [1.29, 1.82) is 0 Å². The van der Waals surface area contributed by atoms with E-state index in [-0.39, 0.29) is 5.41 Å². The largest absolute Gasteiger partial charge is 0.339 e. The van der Waals surface area contributed by atoms with Crippen molar-refractivity contribution in [2.24, 2.45) is 0 Å². The lowest BCUT2D eigenvalue weighted by molar-refractivity contribution is 0.545. The average Bonchev–Trinajstić information content (AvgIpc) is 2.36. The first-order valence-corrected chi connectivity index (χ1v) is 7.81. The van der Waals surface area contributed by atoms with E-state index >= 15 is 0 Å². The third-order valence-electron chi connectivity index (χ3n) is 2.88. The SMILES string of the molecule is Cc1c(Cl)nc(C(C)(C)C)nc1Nc1ccccc1I. The molecule has 0 fully saturated rings. The van der Waals surface area contributed by atoms with E-state index in [1.165, 1.54) is 0 Å². The van der Waals surface area contributed by atoms with Gasteiger partial charge in [-0.3, -0.25) is 0 Å². The Morgan fingerprint density at radius 2 is 1.80 bits per heavy atom. The van der Waals surface area contributed by atoms with Gasteiger partial charge in [-0.15, -0.1) is 0 Å². The van der Waals surface area contributed by atoms with E-state index in [2.05, 4.69) is 58.6 Å². The Labute approximate surface area is 138 Å². The number of benzene rings is 1. The van der Waals surface area contributed by atoms with Gasteiger partial charge in [0.1, 0.15) is 16.8 Å². The second kappa shape index (κ2) is 5.85. The van der Waals surface area contributed by atoms with Gasteiger partial charge in [0.15, 0.2) is 0 Å². The van der Waals surface area contributed by atoms with Crippen LogP contribution in [0, 0.1) is 10.5 Å². The predicted molar refractivity (Wildman–Crippen MR) is 92.9 cm³/mol. The normalized spacial score (nSPS) is 11.5. The Balaban J connectivity index is 2.46. The number of nitrogens with one attached hydrogen (secondary N) is 1. The van der Waals surface area contributed by atoms with Crippen molar-refractivity contribution >= 4 is 45.7 Å². The molecule has 1 N–H and O–H groups in total. The van der Waals surface area contributed by atoms with Gasteiger partial charge in [-0.05, 0) is 41.6 Å². The monoisotopic (exact) mass is 401 g/mol. The van der Waals surface area contributed by atoms with E-state index < -0.39 is 0 Å². The summed E-state index contributed by atoms with van der Waals surface area (Å²) in [6, 6.07) is 8.07. The Kier molecular flexibility index (Phi) is 4.54. The highest BCUT2D eigenvalue weighted by Crippen LogP contribution is 2.29. The molecule has 1 heterocycles. The van der Waals surface area contributed by atoms with Gasteiger partial charge in [-0.2, -0.15) is 0 Å². The maximum Gasteiger partial charge on any atom is 0.138 e. The number of hydrogen-bond donors (Lipinski definition) is 1. The first kappa shape index (κ1) is 15.5. The van der Waals surface area contributed by atoms with E-state index in [0.717, 1.165) is 26.5 Å². The lowest BCUT2D eigenvalue weighted by Gasteiger charge is -2.19. The average molecular weight is 402 g/mol. The summed E-state index contributed by atoms with van der Waals surface area (Å²) in [6.45, 7) is 8.14. The number of para-hydroxylation sites is 1. The Bertz CT molecular complexity index is 636. The van der Waals surface area contributed by atoms with E-state index in [9.17, 15) is 0 Å². The number of halogens is 2. The molecule has 2 rings (SSSR count). The zero-order valence-corrected chi connectivity index (χ0v) is 14.9. The van der Waals surface area contributed by atoms with Crippen LogP contribution >= 0.6 is 34.2 Å². The Morgan fingerprint density at radius 1 is 1.15 bits per heavy atom. The van der Waals surface area contributed by atoms with E-state index in [1.54, 1.807) is 0 Å². The summed E-state index contributed by atoms with van der Waals surface area (Å²) < 4.78 is 1.14. The number of rotatable bonds is 2. The molecular weight excluding hydrogens is 385 g/mol. The number of anilines is 2. The number of nitrogens with zero attached hydrogens (tertiary/aromatic N) is 2. The molecule has 0 unspecified atom stereocenters. The van der Waals surface area contributed by atoms with Crippen molar-refractivity contribution in [3.63, 3.8) is 0 Å². The summed E-state index contributed by atoms with van der Waals surface area (Å²) >= 11 is 8.53. The highest BCUT2D eigenvalue weighted by molar-refractivity contribution is 14.1. The van der Waals surface area contributed by atoms with Gasteiger partial charge in [-0.1, -0.05) is 44.5 Å². The van der Waals surface area contributed by atoms with Crippen LogP contribution in [0.25, 0.3) is 0 Å². The van der Waals surface area contributed by atoms with Gasteiger partial charge in [0.05, 0.1) is 5.69 Å². The zero-order chi connectivity index (χ0) is 14.9. The molecule has 0 aliphatic carbocycles. The van der Waals surface area contributed by atoms with Crippen LogP contribution in [0.3, 0.4) is 0 Å². The lowest BCUT2D eigenvalue weighted by atomic mass is 9.95. The molecule has 3 nitrogen and oxygen atoms in total. The van der Waals surface area contributed by atoms with E-state index in [0.29, 0.717) is 5.15 Å². The molecule has 0 saturated carbocycles. The maximum absolute atomic E-state index is 6.24. The quantitative estimate of drug-likeness (QED) is 0.563. The highest BCUT2D eigenvalue weighted by Gasteiger charge is 2.20. The molecule has 0 spiro atoms. The predicted octanol–water partition coefficient (Wildman–Crippen LogP) is 5.08. The van der Waals surface area contributed by atoms with Crippen molar-refractivity contribution in [2.75, 3.05) is 5.32 Å². The van der Waals surface area contributed by atoms with Crippen LogP contribution in [0.1, 0.15) is 32.2 Å². The van der Waals surface area contributed by atoms with Crippen LogP contribution in [-0.2, 0) is 5.41 Å². The molecule has 0 bridgehead atoms. The van der Waals surface area contributed by atoms with Crippen molar-refractivity contribution in [3.05, 3.63) is 44.4 Å². The van der Waals surface area contributed by atoms with Crippen LogP contribution in [0.15, 0.2) is 24.3 Å². The molecule has 0 radical (unpaired) electrons. The van der Waals surface area contributed by atoms with Gasteiger partial charge in [0.2, 0.25) is 0 Å². The molecule has 106 valence electrons. The number of hydrogen-bond acceptors (Lipinski definition) is 3. The Morgan fingerprint density at radius 3 is 2.40 bits per heavy atom. The van der Waals surface area contributed by atoms with Crippen molar-refractivity contribution in [2.45, 2.75) is 33.1 Å².